The first-order chi connectivity index (χ1) is 25.3. The standard InChI is InChI=1S/C49H32N2/c1-2-10-32(11-3-1)33-18-20-34(21-19-33)35-22-24-38(25-23-35)50-46-17-9-7-15-44(46)48-47(50)29-28-43-42-14-6-8-16-45(42)51(49(43)48)39-26-27-41-37(31-39)30-36-12-4-5-13-40(36)41/h1-29,31H,30H2. The minimum absolute atomic E-state index is 0.971. The van der Waals surface area contributed by atoms with Gasteiger partial charge in [0.25, 0.3) is 0 Å². The first-order valence-corrected chi connectivity index (χ1v) is 17.7. The lowest BCUT2D eigenvalue weighted by Gasteiger charge is -2.12. The van der Waals surface area contributed by atoms with Crippen LogP contribution in [0.5, 0.6) is 0 Å². The summed E-state index contributed by atoms with van der Waals surface area (Å²) in [7, 11) is 0. The van der Waals surface area contributed by atoms with E-state index in [9.17, 15) is 0 Å². The molecule has 0 atom stereocenters. The molecule has 8 aromatic carbocycles. The molecular formula is C49H32N2. The fourth-order valence-corrected chi connectivity index (χ4v) is 8.61. The molecule has 2 nitrogen and oxygen atoms in total. The van der Waals surface area contributed by atoms with E-state index in [1.807, 2.05) is 0 Å². The number of nitrogens with zero attached hydrogens (tertiary/aromatic N) is 2. The Morgan fingerprint density at radius 2 is 0.902 bits per heavy atom. The molecule has 2 heterocycles. The fraction of sp³-hybridized carbons (Fsp3) is 0.0204. The maximum absolute atomic E-state index is 2.51. The lowest BCUT2D eigenvalue weighted by atomic mass is 10.0. The van der Waals surface area contributed by atoms with Crippen LogP contribution >= 0.6 is 0 Å². The van der Waals surface area contributed by atoms with Crippen molar-refractivity contribution >= 4 is 43.6 Å². The molecule has 51 heavy (non-hydrogen) atoms. The van der Waals surface area contributed by atoms with Crippen molar-refractivity contribution in [2.45, 2.75) is 6.42 Å². The molecule has 1 aliphatic rings. The van der Waals surface area contributed by atoms with Crippen LogP contribution < -0.4 is 0 Å². The second kappa shape index (κ2) is 10.9. The maximum atomic E-state index is 2.51. The maximum Gasteiger partial charge on any atom is 0.0641 e. The van der Waals surface area contributed by atoms with Crippen LogP contribution in [0.1, 0.15) is 11.1 Å². The lowest BCUT2D eigenvalue weighted by Crippen LogP contribution is -1.96. The van der Waals surface area contributed by atoms with Crippen molar-refractivity contribution in [2.75, 3.05) is 0 Å². The van der Waals surface area contributed by atoms with Crippen LogP contribution in [0.15, 0.2) is 182 Å². The van der Waals surface area contributed by atoms with Gasteiger partial charge in [0.15, 0.2) is 0 Å². The highest BCUT2D eigenvalue weighted by Crippen LogP contribution is 2.44. The van der Waals surface area contributed by atoms with Gasteiger partial charge < -0.3 is 9.13 Å². The van der Waals surface area contributed by atoms with Crippen LogP contribution in [0.2, 0.25) is 0 Å². The molecule has 0 bridgehead atoms. The summed E-state index contributed by atoms with van der Waals surface area (Å²) in [6, 6.07) is 66.8. The van der Waals surface area contributed by atoms with E-state index in [1.165, 1.54) is 93.8 Å². The number of hydrogen-bond donors (Lipinski definition) is 0. The zero-order valence-electron chi connectivity index (χ0n) is 27.9. The van der Waals surface area contributed by atoms with Gasteiger partial charge in [-0.05, 0) is 93.4 Å². The molecule has 0 saturated carbocycles. The smallest absolute Gasteiger partial charge is 0.0641 e. The second-order valence-corrected chi connectivity index (χ2v) is 13.7. The van der Waals surface area contributed by atoms with Gasteiger partial charge in [0.2, 0.25) is 0 Å². The van der Waals surface area contributed by atoms with E-state index >= 15 is 0 Å². The van der Waals surface area contributed by atoms with Gasteiger partial charge in [-0.3, -0.25) is 0 Å². The molecule has 1 aliphatic carbocycles. The lowest BCUT2D eigenvalue weighted by molar-refractivity contribution is 1.16. The van der Waals surface area contributed by atoms with Crippen LogP contribution in [-0.2, 0) is 6.42 Å². The monoisotopic (exact) mass is 648 g/mol. The van der Waals surface area contributed by atoms with Crippen molar-refractivity contribution in [3.63, 3.8) is 0 Å². The Morgan fingerprint density at radius 3 is 1.67 bits per heavy atom. The molecule has 10 aromatic rings. The van der Waals surface area contributed by atoms with E-state index < -0.39 is 0 Å². The topological polar surface area (TPSA) is 9.86 Å². The number of benzene rings is 8. The van der Waals surface area contributed by atoms with Crippen molar-refractivity contribution in [2.24, 2.45) is 0 Å². The van der Waals surface area contributed by atoms with Crippen LogP contribution in [0.25, 0.3) is 88.4 Å². The first kappa shape index (κ1) is 28.2. The molecule has 0 unspecified atom stereocenters. The average molecular weight is 649 g/mol. The Labute approximate surface area is 296 Å². The molecule has 0 fully saturated rings. The first-order valence-electron chi connectivity index (χ1n) is 17.7. The highest BCUT2D eigenvalue weighted by atomic mass is 15.0. The molecule has 0 aliphatic heterocycles. The van der Waals surface area contributed by atoms with Crippen LogP contribution in [0.4, 0.5) is 0 Å². The molecule has 0 amide bonds. The Balaban J connectivity index is 1.09. The van der Waals surface area contributed by atoms with E-state index in [1.54, 1.807) is 0 Å². The van der Waals surface area contributed by atoms with E-state index in [4.69, 9.17) is 0 Å². The van der Waals surface area contributed by atoms with E-state index in [2.05, 4.69) is 191 Å². The minimum atomic E-state index is 0.971. The number of para-hydroxylation sites is 2. The summed E-state index contributed by atoms with van der Waals surface area (Å²) in [5.74, 6) is 0. The predicted octanol–water partition coefficient (Wildman–Crippen LogP) is 12.8. The number of fused-ring (bicyclic) bond motifs is 10. The third-order valence-electron chi connectivity index (χ3n) is 11.0. The second-order valence-electron chi connectivity index (χ2n) is 13.7. The Bertz CT molecular complexity index is 2960. The van der Waals surface area contributed by atoms with Crippen LogP contribution in [-0.4, -0.2) is 9.13 Å². The molecule has 0 N–H and O–H groups in total. The van der Waals surface area contributed by atoms with Gasteiger partial charge in [-0.1, -0.05) is 140 Å². The predicted molar refractivity (Wildman–Crippen MR) is 214 cm³/mol. The van der Waals surface area contributed by atoms with Gasteiger partial charge in [-0.15, -0.1) is 0 Å². The molecule has 238 valence electrons. The highest BCUT2D eigenvalue weighted by Gasteiger charge is 2.23. The minimum Gasteiger partial charge on any atom is -0.309 e. The molecule has 11 rings (SSSR count). The Kier molecular flexibility index (Phi) is 6.05. The van der Waals surface area contributed by atoms with Crippen molar-refractivity contribution in [1.82, 2.24) is 9.13 Å². The largest absolute Gasteiger partial charge is 0.309 e. The zero-order chi connectivity index (χ0) is 33.5. The summed E-state index contributed by atoms with van der Waals surface area (Å²) in [5.41, 5.74) is 17.7. The highest BCUT2D eigenvalue weighted by molar-refractivity contribution is 6.26. The summed E-state index contributed by atoms with van der Waals surface area (Å²) < 4.78 is 4.95. The molecule has 0 spiro atoms. The van der Waals surface area contributed by atoms with Crippen LogP contribution in [0.3, 0.4) is 0 Å². The molecule has 2 heteroatoms. The molecule has 2 aromatic heterocycles. The Morgan fingerprint density at radius 1 is 0.333 bits per heavy atom. The normalized spacial score (nSPS) is 12.2. The SMILES string of the molecule is c1ccc(-c2ccc(-c3ccc(-n4c5ccccc5c5c4ccc4c6ccccc6n(-c6ccc7c(c6)Cc6ccccc6-7)c45)cc3)cc2)cc1. The van der Waals surface area contributed by atoms with Crippen molar-refractivity contribution in [1.29, 1.82) is 0 Å². The van der Waals surface area contributed by atoms with Gasteiger partial charge in [-0.2, -0.15) is 0 Å². The average Bonchev–Trinajstić information content (AvgIpc) is 3.86. The summed E-state index contributed by atoms with van der Waals surface area (Å²) >= 11 is 0. The quantitative estimate of drug-likeness (QED) is 0.180. The third-order valence-corrected chi connectivity index (χ3v) is 11.0. The van der Waals surface area contributed by atoms with Crippen LogP contribution in [0, 0.1) is 0 Å². The van der Waals surface area contributed by atoms with Gasteiger partial charge in [-0.25, -0.2) is 0 Å². The summed E-state index contributed by atoms with van der Waals surface area (Å²) in [6.07, 6.45) is 0.971. The van der Waals surface area contributed by atoms with Crippen molar-refractivity contribution < 1.29 is 0 Å². The number of aromatic nitrogens is 2. The third kappa shape index (κ3) is 4.23. The van der Waals surface area contributed by atoms with Crippen molar-refractivity contribution in [3.05, 3.63) is 193 Å². The zero-order valence-corrected chi connectivity index (χ0v) is 27.9. The van der Waals surface area contributed by atoms with Gasteiger partial charge in [0, 0.05) is 32.9 Å². The van der Waals surface area contributed by atoms with E-state index in [0.717, 1.165) is 12.1 Å². The van der Waals surface area contributed by atoms with E-state index in [0.29, 0.717) is 0 Å². The molecular weight excluding hydrogens is 617 g/mol. The molecule has 0 saturated heterocycles. The summed E-state index contributed by atoms with van der Waals surface area (Å²) in [6.45, 7) is 0. The fourth-order valence-electron chi connectivity index (χ4n) is 8.61. The van der Waals surface area contributed by atoms with Gasteiger partial charge in [0.05, 0.1) is 22.1 Å². The number of hydrogen-bond acceptors (Lipinski definition) is 0. The Hall–Kier alpha value is -6.64. The van der Waals surface area contributed by atoms with E-state index in [-0.39, 0.29) is 0 Å². The summed E-state index contributed by atoms with van der Waals surface area (Å²) in [5, 5.41) is 5.09. The van der Waals surface area contributed by atoms with Gasteiger partial charge in [0.1, 0.15) is 0 Å². The van der Waals surface area contributed by atoms with Crippen molar-refractivity contribution in [3.8, 4) is 44.8 Å². The van der Waals surface area contributed by atoms with Gasteiger partial charge >= 0.3 is 0 Å². The number of rotatable bonds is 4. The molecule has 0 radical (unpaired) electrons. The summed E-state index contributed by atoms with van der Waals surface area (Å²) in [4.78, 5) is 0.